The van der Waals surface area contributed by atoms with Gasteiger partial charge in [0.05, 0.1) is 12.7 Å². The van der Waals surface area contributed by atoms with Crippen LogP contribution >= 0.6 is 11.6 Å². The number of H-pyrrole nitrogens is 1. The zero-order chi connectivity index (χ0) is 14.8. The van der Waals surface area contributed by atoms with Crippen LogP contribution in [0.1, 0.15) is 10.4 Å². The molecule has 0 aliphatic carbocycles. The fourth-order valence-electron chi connectivity index (χ4n) is 2.16. The van der Waals surface area contributed by atoms with Crippen molar-refractivity contribution < 1.29 is 9.53 Å². The second-order valence-corrected chi connectivity index (χ2v) is 5.01. The molecule has 2 N–H and O–H groups in total. The Morgan fingerprint density at radius 1 is 1.19 bits per heavy atom. The van der Waals surface area contributed by atoms with Gasteiger partial charge in [0, 0.05) is 27.8 Å². The summed E-state index contributed by atoms with van der Waals surface area (Å²) in [7, 11) is 1.60. The highest BCUT2D eigenvalue weighted by atomic mass is 35.5. The molecule has 0 saturated heterocycles. The Hall–Kier alpha value is -2.46. The van der Waals surface area contributed by atoms with Crippen LogP contribution in [0, 0.1) is 0 Å². The third kappa shape index (κ3) is 2.71. The molecule has 0 atom stereocenters. The Bertz CT molecular complexity index is 794. The number of benzene rings is 2. The molecule has 0 saturated carbocycles. The number of carbonyl (C=O) groups is 1. The predicted molar refractivity (Wildman–Crippen MR) is 84.3 cm³/mol. The van der Waals surface area contributed by atoms with E-state index in [0.717, 1.165) is 16.7 Å². The van der Waals surface area contributed by atoms with E-state index in [-0.39, 0.29) is 5.91 Å². The number of fused-ring (bicyclic) bond motifs is 1. The summed E-state index contributed by atoms with van der Waals surface area (Å²) in [6.45, 7) is 0. The predicted octanol–water partition coefficient (Wildman–Crippen LogP) is 4.08. The molecule has 3 rings (SSSR count). The van der Waals surface area contributed by atoms with E-state index in [1.54, 1.807) is 49.7 Å². The van der Waals surface area contributed by atoms with Crippen LogP contribution in [-0.2, 0) is 0 Å². The molecular weight excluding hydrogens is 288 g/mol. The maximum atomic E-state index is 12.3. The van der Waals surface area contributed by atoms with E-state index in [0.29, 0.717) is 16.3 Å². The van der Waals surface area contributed by atoms with Crippen molar-refractivity contribution in [3.05, 3.63) is 59.2 Å². The first-order chi connectivity index (χ1) is 10.2. The molecule has 0 radical (unpaired) electrons. The van der Waals surface area contributed by atoms with Gasteiger partial charge in [-0.05, 0) is 36.4 Å². The summed E-state index contributed by atoms with van der Waals surface area (Å²) in [6, 6.07) is 12.6. The Kier molecular flexibility index (Phi) is 3.54. The maximum absolute atomic E-state index is 12.3. The first-order valence-corrected chi connectivity index (χ1v) is 6.77. The third-order valence-corrected chi connectivity index (χ3v) is 3.47. The summed E-state index contributed by atoms with van der Waals surface area (Å²) >= 11 is 5.93. The third-order valence-electron chi connectivity index (χ3n) is 3.24. The smallest absolute Gasteiger partial charge is 0.257 e. The standard InChI is InChI=1S/C16H13ClN2O2/c1-21-12-5-3-11(4-6-12)19-16(20)14-9-18-15-8-10(17)2-7-13(14)15/h2-9,18H,1H3,(H,19,20). The van der Waals surface area contributed by atoms with Gasteiger partial charge in [-0.25, -0.2) is 0 Å². The Morgan fingerprint density at radius 3 is 2.67 bits per heavy atom. The summed E-state index contributed by atoms with van der Waals surface area (Å²) in [6.07, 6.45) is 1.68. The van der Waals surface area contributed by atoms with E-state index in [4.69, 9.17) is 16.3 Å². The van der Waals surface area contributed by atoms with E-state index in [9.17, 15) is 4.79 Å². The summed E-state index contributed by atoms with van der Waals surface area (Å²) in [4.78, 5) is 15.4. The Morgan fingerprint density at radius 2 is 1.95 bits per heavy atom. The molecule has 1 amide bonds. The van der Waals surface area contributed by atoms with Crippen molar-refractivity contribution in [1.29, 1.82) is 0 Å². The monoisotopic (exact) mass is 300 g/mol. The van der Waals surface area contributed by atoms with Gasteiger partial charge in [0.25, 0.3) is 5.91 Å². The Balaban J connectivity index is 1.86. The normalized spacial score (nSPS) is 10.6. The molecule has 1 aromatic heterocycles. The molecule has 106 valence electrons. The lowest BCUT2D eigenvalue weighted by Gasteiger charge is -2.05. The minimum atomic E-state index is -0.172. The van der Waals surface area contributed by atoms with Crippen LogP contribution in [0.25, 0.3) is 10.9 Å². The summed E-state index contributed by atoms with van der Waals surface area (Å²) in [5.74, 6) is 0.573. The van der Waals surface area contributed by atoms with Crippen LogP contribution in [0.5, 0.6) is 5.75 Å². The molecule has 0 unspecified atom stereocenters. The van der Waals surface area contributed by atoms with Crippen molar-refractivity contribution >= 4 is 34.1 Å². The first-order valence-electron chi connectivity index (χ1n) is 6.39. The molecule has 0 aliphatic rings. The zero-order valence-corrected chi connectivity index (χ0v) is 12.1. The van der Waals surface area contributed by atoms with E-state index in [2.05, 4.69) is 10.3 Å². The van der Waals surface area contributed by atoms with Crippen molar-refractivity contribution in [2.24, 2.45) is 0 Å². The van der Waals surface area contributed by atoms with Crippen LogP contribution in [0.4, 0.5) is 5.69 Å². The van der Waals surface area contributed by atoms with Gasteiger partial charge in [-0.3, -0.25) is 4.79 Å². The number of hydrogen-bond donors (Lipinski definition) is 2. The first kappa shape index (κ1) is 13.5. The fourth-order valence-corrected chi connectivity index (χ4v) is 2.33. The molecule has 5 heteroatoms. The lowest BCUT2D eigenvalue weighted by atomic mass is 10.1. The lowest BCUT2D eigenvalue weighted by molar-refractivity contribution is 0.102. The van der Waals surface area contributed by atoms with Crippen molar-refractivity contribution in [1.82, 2.24) is 4.98 Å². The number of rotatable bonds is 3. The second-order valence-electron chi connectivity index (χ2n) is 4.57. The zero-order valence-electron chi connectivity index (χ0n) is 11.3. The number of carbonyl (C=O) groups excluding carboxylic acids is 1. The highest BCUT2D eigenvalue weighted by Gasteiger charge is 2.12. The number of hydrogen-bond acceptors (Lipinski definition) is 2. The molecule has 0 fully saturated rings. The molecular formula is C16H13ClN2O2. The largest absolute Gasteiger partial charge is 0.497 e. The minimum absolute atomic E-state index is 0.172. The van der Waals surface area contributed by atoms with E-state index >= 15 is 0 Å². The number of halogens is 1. The van der Waals surface area contributed by atoms with Crippen LogP contribution in [0.2, 0.25) is 5.02 Å². The minimum Gasteiger partial charge on any atom is -0.497 e. The van der Waals surface area contributed by atoms with E-state index in [1.807, 2.05) is 6.07 Å². The molecule has 0 spiro atoms. The highest BCUT2D eigenvalue weighted by Crippen LogP contribution is 2.23. The highest BCUT2D eigenvalue weighted by molar-refractivity contribution is 6.31. The maximum Gasteiger partial charge on any atom is 0.257 e. The van der Waals surface area contributed by atoms with Gasteiger partial charge in [-0.1, -0.05) is 17.7 Å². The van der Waals surface area contributed by atoms with Gasteiger partial charge in [-0.2, -0.15) is 0 Å². The van der Waals surface area contributed by atoms with Gasteiger partial charge in [0.1, 0.15) is 5.75 Å². The lowest BCUT2D eigenvalue weighted by Crippen LogP contribution is -2.11. The van der Waals surface area contributed by atoms with Crippen molar-refractivity contribution in [2.45, 2.75) is 0 Å². The van der Waals surface area contributed by atoms with Crippen LogP contribution in [0.15, 0.2) is 48.7 Å². The van der Waals surface area contributed by atoms with Crippen LogP contribution in [-0.4, -0.2) is 18.0 Å². The molecule has 21 heavy (non-hydrogen) atoms. The molecule has 1 heterocycles. The summed E-state index contributed by atoms with van der Waals surface area (Å²) < 4.78 is 5.09. The van der Waals surface area contributed by atoms with Crippen LogP contribution in [0.3, 0.4) is 0 Å². The SMILES string of the molecule is COc1ccc(NC(=O)c2c[nH]c3cc(Cl)ccc23)cc1. The van der Waals surface area contributed by atoms with Gasteiger partial charge in [0.2, 0.25) is 0 Å². The number of anilines is 1. The van der Waals surface area contributed by atoms with Gasteiger partial charge in [-0.15, -0.1) is 0 Å². The molecule has 0 bridgehead atoms. The average Bonchev–Trinajstić information content (AvgIpc) is 2.91. The van der Waals surface area contributed by atoms with Gasteiger partial charge >= 0.3 is 0 Å². The Labute approximate surface area is 126 Å². The number of amides is 1. The number of ether oxygens (including phenoxy) is 1. The molecule has 4 nitrogen and oxygen atoms in total. The number of aromatic nitrogens is 1. The number of aromatic amines is 1. The van der Waals surface area contributed by atoms with E-state index < -0.39 is 0 Å². The van der Waals surface area contributed by atoms with Gasteiger partial charge in [0.15, 0.2) is 0 Å². The second kappa shape index (κ2) is 5.50. The number of nitrogens with one attached hydrogen (secondary N) is 2. The molecule has 0 aliphatic heterocycles. The average molecular weight is 301 g/mol. The van der Waals surface area contributed by atoms with Gasteiger partial charge < -0.3 is 15.0 Å². The van der Waals surface area contributed by atoms with Crippen molar-refractivity contribution in [2.75, 3.05) is 12.4 Å². The van der Waals surface area contributed by atoms with Crippen molar-refractivity contribution in [3.8, 4) is 5.75 Å². The molecule has 3 aromatic rings. The van der Waals surface area contributed by atoms with Crippen molar-refractivity contribution in [3.63, 3.8) is 0 Å². The quantitative estimate of drug-likeness (QED) is 0.765. The topological polar surface area (TPSA) is 54.1 Å². The summed E-state index contributed by atoms with van der Waals surface area (Å²) in [5.41, 5.74) is 2.13. The molecule has 2 aromatic carbocycles. The fraction of sp³-hybridized carbons (Fsp3) is 0.0625. The van der Waals surface area contributed by atoms with Crippen LogP contribution < -0.4 is 10.1 Å². The van der Waals surface area contributed by atoms with E-state index in [1.165, 1.54) is 0 Å². The summed E-state index contributed by atoms with van der Waals surface area (Å²) in [5, 5.41) is 4.32. The number of methoxy groups -OCH3 is 1.